The number of hydrogen-bond acceptors (Lipinski definition) is 4. The Labute approximate surface area is 168 Å². The van der Waals surface area contributed by atoms with Gasteiger partial charge >= 0.3 is 5.97 Å². The monoisotopic (exact) mass is 387 g/mol. The topological polar surface area (TPSA) is 57.5 Å². The average molecular weight is 387 g/mol. The number of Topliss-reactive ketones (excluding diaryl/α,β-unsaturated/α-hetero) is 1. The van der Waals surface area contributed by atoms with Crippen molar-refractivity contribution in [3.63, 3.8) is 0 Å². The number of ketones is 1. The van der Waals surface area contributed by atoms with Gasteiger partial charge in [0.25, 0.3) is 0 Å². The number of aromatic nitrogens is 1. The highest BCUT2D eigenvalue weighted by molar-refractivity contribution is 6.15. The van der Waals surface area contributed by atoms with Gasteiger partial charge in [0.15, 0.2) is 5.76 Å². The maximum Gasteiger partial charge on any atom is 0.314 e. The van der Waals surface area contributed by atoms with Crippen molar-refractivity contribution in [1.82, 2.24) is 4.57 Å². The molecule has 5 heteroatoms. The van der Waals surface area contributed by atoms with Gasteiger partial charge in [0.05, 0.1) is 11.5 Å². The van der Waals surface area contributed by atoms with E-state index in [0.717, 1.165) is 35.9 Å². The first kappa shape index (κ1) is 17.7. The minimum absolute atomic E-state index is 0.0107. The molecular weight excluding hydrogens is 366 g/mol. The molecule has 146 valence electrons. The number of fused-ring (bicyclic) bond motifs is 2. The van der Waals surface area contributed by atoms with E-state index in [4.69, 9.17) is 9.47 Å². The van der Waals surface area contributed by atoms with Gasteiger partial charge < -0.3 is 14.0 Å². The lowest BCUT2D eigenvalue weighted by atomic mass is 10.1. The van der Waals surface area contributed by atoms with E-state index in [-0.39, 0.29) is 23.4 Å². The van der Waals surface area contributed by atoms with Crippen molar-refractivity contribution in [3.05, 3.63) is 65.0 Å². The Morgan fingerprint density at radius 3 is 2.79 bits per heavy atom. The van der Waals surface area contributed by atoms with Crippen molar-refractivity contribution >= 4 is 28.7 Å². The number of carbonyl (C=O) groups excluding carboxylic acids is 2. The van der Waals surface area contributed by atoms with Gasteiger partial charge in [-0.3, -0.25) is 9.59 Å². The first-order chi connectivity index (χ1) is 14.1. The molecule has 2 aliphatic rings. The van der Waals surface area contributed by atoms with Gasteiger partial charge in [-0.2, -0.15) is 0 Å². The number of allylic oxidation sites excluding steroid dienone is 1. The van der Waals surface area contributed by atoms with Crippen molar-refractivity contribution in [1.29, 1.82) is 0 Å². The number of esters is 1. The van der Waals surface area contributed by atoms with Gasteiger partial charge in [-0.1, -0.05) is 18.2 Å². The summed E-state index contributed by atoms with van der Waals surface area (Å²) < 4.78 is 13.6. The molecule has 0 N–H and O–H groups in total. The molecule has 5 nitrogen and oxygen atoms in total. The zero-order valence-corrected chi connectivity index (χ0v) is 16.4. The summed E-state index contributed by atoms with van der Waals surface area (Å²) in [7, 11) is 0. The molecule has 1 fully saturated rings. The zero-order chi connectivity index (χ0) is 20.1. The molecule has 1 aliphatic heterocycles. The Bertz CT molecular complexity index is 1200. The van der Waals surface area contributed by atoms with Crippen LogP contribution in [-0.2, 0) is 11.3 Å². The molecular formula is C24H21NO4. The fourth-order valence-corrected chi connectivity index (χ4v) is 3.78. The smallest absolute Gasteiger partial charge is 0.314 e. The molecule has 2 aromatic carbocycles. The first-order valence-corrected chi connectivity index (χ1v) is 9.94. The van der Waals surface area contributed by atoms with Gasteiger partial charge in [0, 0.05) is 34.8 Å². The molecule has 0 radical (unpaired) electrons. The Morgan fingerprint density at radius 1 is 1.24 bits per heavy atom. The third-order valence-corrected chi connectivity index (χ3v) is 5.60. The number of nitrogens with zero attached hydrogens (tertiary/aromatic N) is 1. The van der Waals surface area contributed by atoms with Crippen LogP contribution >= 0.6 is 0 Å². The Morgan fingerprint density at radius 2 is 2.03 bits per heavy atom. The summed E-state index contributed by atoms with van der Waals surface area (Å²) >= 11 is 0. The second-order valence-electron chi connectivity index (χ2n) is 7.59. The Hall–Kier alpha value is -3.34. The largest absolute Gasteiger partial charge is 0.452 e. The van der Waals surface area contributed by atoms with Crippen LogP contribution in [-0.4, -0.2) is 16.3 Å². The van der Waals surface area contributed by atoms with Crippen LogP contribution in [0.2, 0.25) is 0 Å². The molecule has 0 amide bonds. The third-order valence-electron chi connectivity index (χ3n) is 5.60. The molecule has 1 saturated carbocycles. The number of hydrogen-bond donors (Lipinski definition) is 0. The molecule has 0 unspecified atom stereocenters. The summed E-state index contributed by atoms with van der Waals surface area (Å²) in [6, 6.07) is 11.5. The standard InChI is InChI=1S/C24H21NO4/c1-3-25-13-16(17-6-4-5-7-19(17)25)12-21-22(26)18-10-11-20(14(2)23(18)28-21)29-24(27)15-8-9-15/h4-7,10-13,15H,3,8-9H2,1-2H3. The maximum atomic E-state index is 12.9. The van der Waals surface area contributed by atoms with Crippen LogP contribution in [0.1, 0.15) is 41.3 Å². The minimum atomic E-state index is -0.208. The summed E-state index contributed by atoms with van der Waals surface area (Å²) in [6.45, 7) is 4.74. The zero-order valence-electron chi connectivity index (χ0n) is 16.4. The highest BCUT2D eigenvalue weighted by Crippen LogP contribution is 2.40. The van der Waals surface area contributed by atoms with E-state index in [1.165, 1.54) is 0 Å². The molecule has 2 heterocycles. The molecule has 5 rings (SSSR count). The lowest BCUT2D eigenvalue weighted by Gasteiger charge is -2.09. The Balaban J connectivity index is 1.51. The quantitative estimate of drug-likeness (QED) is 0.363. The summed E-state index contributed by atoms with van der Waals surface area (Å²) in [5.74, 6) is 0.861. The van der Waals surface area contributed by atoms with Crippen LogP contribution in [0.25, 0.3) is 17.0 Å². The van der Waals surface area contributed by atoms with E-state index in [1.807, 2.05) is 31.3 Å². The van der Waals surface area contributed by atoms with Gasteiger partial charge in [-0.25, -0.2) is 0 Å². The molecule has 0 saturated heterocycles. The SMILES string of the molecule is CCn1cc(C=C2Oc3c(ccc(OC(=O)C4CC4)c3C)C2=O)c2ccccc21. The molecule has 29 heavy (non-hydrogen) atoms. The van der Waals surface area contributed by atoms with E-state index in [1.54, 1.807) is 18.2 Å². The van der Waals surface area contributed by atoms with Crippen molar-refractivity contribution in [3.8, 4) is 11.5 Å². The van der Waals surface area contributed by atoms with Crippen molar-refractivity contribution < 1.29 is 19.1 Å². The predicted octanol–water partition coefficient (Wildman–Crippen LogP) is 4.90. The van der Waals surface area contributed by atoms with Crippen LogP contribution in [0.15, 0.2) is 48.4 Å². The lowest BCUT2D eigenvalue weighted by Crippen LogP contribution is -2.10. The number of ether oxygens (including phenoxy) is 2. The van der Waals surface area contributed by atoms with Crippen LogP contribution in [0.4, 0.5) is 0 Å². The van der Waals surface area contributed by atoms with Gasteiger partial charge in [0.2, 0.25) is 5.78 Å². The van der Waals surface area contributed by atoms with Gasteiger partial charge in [-0.15, -0.1) is 0 Å². The van der Waals surface area contributed by atoms with Crippen LogP contribution in [0.5, 0.6) is 11.5 Å². The molecule has 1 aromatic heterocycles. The predicted molar refractivity (Wildman–Crippen MR) is 110 cm³/mol. The minimum Gasteiger partial charge on any atom is -0.452 e. The fourth-order valence-electron chi connectivity index (χ4n) is 3.78. The maximum absolute atomic E-state index is 12.9. The van der Waals surface area contributed by atoms with Gasteiger partial charge in [0.1, 0.15) is 11.5 Å². The number of rotatable bonds is 4. The lowest BCUT2D eigenvalue weighted by molar-refractivity contribution is -0.135. The molecule has 1 aliphatic carbocycles. The van der Waals surface area contributed by atoms with Crippen LogP contribution < -0.4 is 9.47 Å². The first-order valence-electron chi connectivity index (χ1n) is 9.94. The van der Waals surface area contributed by atoms with E-state index in [2.05, 4.69) is 17.6 Å². The summed E-state index contributed by atoms with van der Waals surface area (Å²) in [5, 5.41) is 1.07. The second kappa shape index (κ2) is 6.62. The highest BCUT2D eigenvalue weighted by Gasteiger charge is 2.34. The number of carbonyl (C=O) groups is 2. The van der Waals surface area contributed by atoms with Crippen molar-refractivity contribution in [2.45, 2.75) is 33.2 Å². The summed E-state index contributed by atoms with van der Waals surface area (Å²) in [4.78, 5) is 24.9. The number of benzene rings is 2. The van der Waals surface area contributed by atoms with E-state index < -0.39 is 0 Å². The second-order valence-corrected chi connectivity index (χ2v) is 7.59. The number of para-hydroxylation sites is 1. The Kier molecular flexibility index (Phi) is 4.05. The molecule has 0 bridgehead atoms. The van der Waals surface area contributed by atoms with Crippen molar-refractivity contribution in [2.24, 2.45) is 5.92 Å². The van der Waals surface area contributed by atoms with E-state index in [0.29, 0.717) is 22.6 Å². The summed E-state index contributed by atoms with van der Waals surface area (Å²) in [5.41, 5.74) is 3.23. The van der Waals surface area contributed by atoms with Crippen LogP contribution in [0, 0.1) is 12.8 Å². The van der Waals surface area contributed by atoms with Crippen molar-refractivity contribution in [2.75, 3.05) is 0 Å². The molecule has 0 atom stereocenters. The fraction of sp³-hybridized carbons (Fsp3) is 0.250. The van der Waals surface area contributed by atoms with E-state index in [9.17, 15) is 9.59 Å². The average Bonchev–Trinajstić information content (AvgIpc) is 3.46. The van der Waals surface area contributed by atoms with Gasteiger partial charge in [-0.05, 0) is 51.0 Å². The van der Waals surface area contributed by atoms with Crippen LogP contribution in [0.3, 0.4) is 0 Å². The third kappa shape index (κ3) is 2.94. The number of aryl methyl sites for hydroxylation is 1. The highest BCUT2D eigenvalue weighted by atomic mass is 16.5. The van der Waals surface area contributed by atoms with E-state index >= 15 is 0 Å². The summed E-state index contributed by atoms with van der Waals surface area (Å²) in [6.07, 6.45) is 5.60. The molecule has 0 spiro atoms. The molecule has 3 aromatic rings. The normalized spacial score (nSPS) is 16.9.